The number of benzene rings is 2. The van der Waals surface area contributed by atoms with E-state index in [4.69, 9.17) is 0 Å². The lowest BCUT2D eigenvalue weighted by molar-refractivity contribution is 0.0627. The summed E-state index contributed by atoms with van der Waals surface area (Å²) in [5.74, 6) is 0.160. The number of rotatable bonds is 3. The second-order valence-corrected chi connectivity index (χ2v) is 7.33. The summed E-state index contributed by atoms with van der Waals surface area (Å²) in [6.07, 6.45) is 0. The van der Waals surface area contributed by atoms with Crippen LogP contribution in [-0.2, 0) is 6.54 Å². The maximum Gasteiger partial charge on any atom is 0.254 e. The summed E-state index contributed by atoms with van der Waals surface area (Å²) in [5.41, 5.74) is 4.39. The van der Waals surface area contributed by atoms with Crippen LogP contribution in [0, 0.1) is 13.8 Å². The minimum absolute atomic E-state index is 0.160. The van der Waals surface area contributed by atoms with Gasteiger partial charge in [0.25, 0.3) is 5.91 Å². The Hall–Kier alpha value is -1.65. The van der Waals surface area contributed by atoms with Gasteiger partial charge in [0.05, 0.1) is 0 Å². The molecule has 2 aromatic carbocycles. The largest absolute Gasteiger partial charge is 0.336 e. The molecule has 24 heavy (non-hydrogen) atoms. The quantitative estimate of drug-likeness (QED) is 0.794. The Labute approximate surface area is 152 Å². The first-order chi connectivity index (χ1) is 11.5. The van der Waals surface area contributed by atoms with E-state index in [0.29, 0.717) is 0 Å². The summed E-state index contributed by atoms with van der Waals surface area (Å²) >= 11 is 3.61. The molecule has 0 spiro atoms. The molecule has 0 aromatic heterocycles. The highest BCUT2D eigenvalue weighted by Gasteiger charge is 2.23. The third-order valence-corrected chi connectivity index (χ3v) is 5.40. The van der Waals surface area contributed by atoms with Crippen molar-refractivity contribution in [2.24, 2.45) is 0 Å². The van der Waals surface area contributed by atoms with E-state index in [0.717, 1.165) is 48.3 Å². The van der Waals surface area contributed by atoms with Gasteiger partial charge in [0.15, 0.2) is 0 Å². The number of hydrogen-bond donors (Lipinski definition) is 0. The lowest BCUT2D eigenvalue weighted by Gasteiger charge is -2.35. The van der Waals surface area contributed by atoms with Crippen molar-refractivity contribution >= 4 is 21.8 Å². The van der Waals surface area contributed by atoms with Gasteiger partial charge in [-0.3, -0.25) is 9.69 Å². The van der Waals surface area contributed by atoms with Crippen LogP contribution >= 0.6 is 15.9 Å². The summed E-state index contributed by atoms with van der Waals surface area (Å²) < 4.78 is 1.15. The molecule has 0 bridgehead atoms. The van der Waals surface area contributed by atoms with Gasteiger partial charge in [0, 0.05) is 42.8 Å². The molecule has 0 aliphatic carbocycles. The van der Waals surface area contributed by atoms with Crippen LogP contribution < -0.4 is 0 Å². The third kappa shape index (κ3) is 3.87. The maximum atomic E-state index is 12.8. The van der Waals surface area contributed by atoms with Crippen molar-refractivity contribution in [3.05, 3.63) is 69.2 Å². The molecule has 0 N–H and O–H groups in total. The van der Waals surface area contributed by atoms with Crippen molar-refractivity contribution < 1.29 is 4.79 Å². The predicted octanol–water partition coefficient (Wildman–Crippen LogP) is 4.02. The van der Waals surface area contributed by atoms with Crippen molar-refractivity contribution in [1.29, 1.82) is 0 Å². The van der Waals surface area contributed by atoms with Crippen LogP contribution in [0.5, 0.6) is 0 Å². The SMILES string of the molecule is Cc1ccc(C(=O)N2CCN(Cc3ccccc3Br)CC2)c(C)c1. The van der Waals surface area contributed by atoms with E-state index in [2.05, 4.69) is 52.0 Å². The molecule has 3 nitrogen and oxygen atoms in total. The van der Waals surface area contributed by atoms with Crippen molar-refractivity contribution in [3.63, 3.8) is 0 Å². The summed E-state index contributed by atoms with van der Waals surface area (Å²) in [4.78, 5) is 17.1. The maximum absolute atomic E-state index is 12.8. The normalized spacial score (nSPS) is 15.5. The van der Waals surface area contributed by atoms with Crippen molar-refractivity contribution in [3.8, 4) is 0 Å². The standard InChI is InChI=1S/C20H23BrN2O/c1-15-7-8-18(16(2)13-15)20(24)23-11-9-22(10-12-23)14-17-5-3-4-6-19(17)21/h3-8,13H,9-12,14H2,1-2H3. The zero-order valence-electron chi connectivity index (χ0n) is 14.3. The van der Waals surface area contributed by atoms with E-state index in [1.165, 1.54) is 11.1 Å². The highest BCUT2D eigenvalue weighted by Crippen LogP contribution is 2.19. The second kappa shape index (κ2) is 7.49. The Morgan fingerprint density at radius 3 is 2.42 bits per heavy atom. The van der Waals surface area contributed by atoms with E-state index in [1.54, 1.807) is 0 Å². The van der Waals surface area contributed by atoms with Crippen LogP contribution in [0.4, 0.5) is 0 Å². The molecular formula is C20H23BrN2O. The van der Waals surface area contributed by atoms with Crippen LogP contribution in [-0.4, -0.2) is 41.9 Å². The molecule has 2 aromatic rings. The van der Waals surface area contributed by atoms with Crippen LogP contribution in [0.2, 0.25) is 0 Å². The molecule has 1 aliphatic rings. The van der Waals surface area contributed by atoms with Crippen molar-refractivity contribution in [1.82, 2.24) is 9.80 Å². The highest BCUT2D eigenvalue weighted by atomic mass is 79.9. The van der Waals surface area contributed by atoms with Crippen LogP contribution in [0.1, 0.15) is 27.0 Å². The molecule has 126 valence electrons. The minimum Gasteiger partial charge on any atom is -0.336 e. The number of aryl methyl sites for hydroxylation is 2. The van der Waals surface area contributed by atoms with Crippen LogP contribution in [0.15, 0.2) is 46.9 Å². The number of halogens is 1. The van der Waals surface area contributed by atoms with Crippen LogP contribution in [0.25, 0.3) is 0 Å². The number of carbonyl (C=O) groups excluding carboxylic acids is 1. The topological polar surface area (TPSA) is 23.6 Å². The number of hydrogen-bond acceptors (Lipinski definition) is 2. The first-order valence-electron chi connectivity index (χ1n) is 8.37. The summed E-state index contributed by atoms with van der Waals surface area (Å²) in [7, 11) is 0. The third-order valence-electron chi connectivity index (χ3n) is 4.62. The molecule has 3 rings (SSSR count). The highest BCUT2D eigenvalue weighted by molar-refractivity contribution is 9.10. The minimum atomic E-state index is 0.160. The molecule has 1 fully saturated rings. The smallest absolute Gasteiger partial charge is 0.254 e. The Bertz CT molecular complexity index is 736. The number of amides is 1. The summed E-state index contributed by atoms with van der Waals surface area (Å²) in [6, 6.07) is 14.4. The van der Waals surface area contributed by atoms with Crippen LogP contribution in [0.3, 0.4) is 0 Å². The first-order valence-corrected chi connectivity index (χ1v) is 9.16. The second-order valence-electron chi connectivity index (χ2n) is 6.48. The first kappa shape index (κ1) is 17.2. The van der Waals surface area contributed by atoms with Gasteiger partial charge in [-0.25, -0.2) is 0 Å². The van der Waals surface area contributed by atoms with Gasteiger partial charge in [-0.15, -0.1) is 0 Å². The molecule has 0 atom stereocenters. The van der Waals surface area contributed by atoms with Gasteiger partial charge < -0.3 is 4.90 Å². The molecular weight excluding hydrogens is 364 g/mol. The van der Waals surface area contributed by atoms with Crippen molar-refractivity contribution in [2.45, 2.75) is 20.4 Å². The number of carbonyl (C=O) groups is 1. The fourth-order valence-electron chi connectivity index (χ4n) is 3.20. The van der Waals surface area contributed by atoms with Gasteiger partial charge in [-0.2, -0.15) is 0 Å². The Morgan fingerprint density at radius 2 is 1.75 bits per heavy atom. The molecule has 1 saturated heterocycles. The zero-order chi connectivity index (χ0) is 17.1. The molecule has 4 heteroatoms. The Kier molecular flexibility index (Phi) is 5.36. The van der Waals surface area contributed by atoms with Gasteiger partial charge >= 0.3 is 0 Å². The van der Waals surface area contributed by atoms with E-state index >= 15 is 0 Å². The van der Waals surface area contributed by atoms with E-state index < -0.39 is 0 Å². The fourth-order valence-corrected chi connectivity index (χ4v) is 3.61. The summed E-state index contributed by atoms with van der Waals surface area (Å²) in [5, 5.41) is 0. The molecule has 0 unspecified atom stereocenters. The molecule has 1 amide bonds. The molecule has 0 radical (unpaired) electrons. The average Bonchev–Trinajstić information content (AvgIpc) is 2.57. The lowest BCUT2D eigenvalue weighted by atomic mass is 10.0. The monoisotopic (exact) mass is 386 g/mol. The molecule has 0 saturated carbocycles. The van der Waals surface area contributed by atoms with Gasteiger partial charge in [0.2, 0.25) is 0 Å². The number of piperazine rings is 1. The zero-order valence-corrected chi connectivity index (χ0v) is 15.8. The Balaban J connectivity index is 1.60. The Morgan fingerprint density at radius 1 is 1.04 bits per heavy atom. The van der Waals surface area contributed by atoms with Gasteiger partial charge in [-0.1, -0.05) is 51.8 Å². The van der Waals surface area contributed by atoms with E-state index in [9.17, 15) is 4.79 Å². The van der Waals surface area contributed by atoms with Gasteiger partial charge in [0.1, 0.15) is 0 Å². The molecule has 1 heterocycles. The predicted molar refractivity (Wildman–Crippen MR) is 101 cm³/mol. The number of nitrogens with zero attached hydrogens (tertiary/aromatic N) is 2. The summed E-state index contributed by atoms with van der Waals surface area (Å²) in [6.45, 7) is 8.40. The van der Waals surface area contributed by atoms with E-state index in [-0.39, 0.29) is 5.91 Å². The lowest BCUT2D eigenvalue weighted by Crippen LogP contribution is -2.48. The average molecular weight is 387 g/mol. The fraction of sp³-hybridized carbons (Fsp3) is 0.350. The molecule has 1 aliphatic heterocycles. The van der Waals surface area contributed by atoms with E-state index in [1.807, 2.05) is 30.0 Å². The van der Waals surface area contributed by atoms with Gasteiger partial charge in [-0.05, 0) is 37.1 Å². The van der Waals surface area contributed by atoms with Crippen molar-refractivity contribution in [2.75, 3.05) is 26.2 Å².